The zero-order chi connectivity index (χ0) is 11.4. The average molecular weight is 224 g/mol. The van der Waals surface area contributed by atoms with Gasteiger partial charge in [-0.2, -0.15) is 0 Å². The van der Waals surface area contributed by atoms with Crippen molar-refractivity contribution in [1.82, 2.24) is 4.90 Å². The molecule has 2 aliphatic rings. The van der Waals surface area contributed by atoms with Gasteiger partial charge in [0, 0.05) is 12.6 Å². The molecule has 1 aliphatic carbocycles. The topological polar surface area (TPSA) is 29.3 Å². The quantitative estimate of drug-likeness (QED) is 0.798. The van der Waals surface area contributed by atoms with Crippen LogP contribution in [0.15, 0.2) is 0 Å². The molecule has 2 nitrogen and oxygen atoms in total. The predicted octanol–water partition coefficient (Wildman–Crippen LogP) is 2.63. The first-order valence-corrected chi connectivity index (χ1v) is 7.25. The average Bonchev–Trinajstić information content (AvgIpc) is 2.34. The number of hydrogen-bond donors (Lipinski definition) is 1. The van der Waals surface area contributed by atoms with Crippen molar-refractivity contribution in [3.05, 3.63) is 0 Å². The molecule has 0 bridgehead atoms. The first-order chi connectivity index (χ1) is 7.81. The van der Waals surface area contributed by atoms with Crippen LogP contribution in [0.1, 0.15) is 51.9 Å². The van der Waals surface area contributed by atoms with Gasteiger partial charge in [0.1, 0.15) is 0 Å². The first kappa shape index (κ1) is 12.4. The molecule has 0 spiro atoms. The second-order valence-electron chi connectivity index (χ2n) is 5.92. The molecule has 0 aromatic carbocycles. The first-order valence-electron chi connectivity index (χ1n) is 7.25. The van der Waals surface area contributed by atoms with E-state index >= 15 is 0 Å². The van der Waals surface area contributed by atoms with E-state index in [0.29, 0.717) is 6.04 Å². The van der Waals surface area contributed by atoms with Crippen molar-refractivity contribution in [2.45, 2.75) is 57.9 Å². The molecule has 1 atom stereocenters. The third-order valence-electron chi connectivity index (χ3n) is 4.72. The van der Waals surface area contributed by atoms with Crippen LogP contribution >= 0.6 is 0 Å². The van der Waals surface area contributed by atoms with Gasteiger partial charge in [-0.05, 0) is 50.6 Å². The second kappa shape index (κ2) is 6.02. The van der Waals surface area contributed by atoms with E-state index in [2.05, 4.69) is 11.8 Å². The molecule has 0 amide bonds. The lowest BCUT2D eigenvalue weighted by molar-refractivity contribution is 0.0868. The van der Waals surface area contributed by atoms with Gasteiger partial charge in [0.15, 0.2) is 0 Å². The van der Waals surface area contributed by atoms with Crippen LogP contribution in [0.25, 0.3) is 0 Å². The molecule has 1 aliphatic heterocycles. The summed E-state index contributed by atoms with van der Waals surface area (Å²) in [5.74, 6) is 1.83. The Hall–Kier alpha value is -0.0800. The van der Waals surface area contributed by atoms with E-state index in [9.17, 15) is 0 Å². The molecule has 2 heteroatoms. The minimum atomic E-state index is 0.688. The Labute approximate surface area is 101 Å². The van der Waals surface area contributed by atoms with E-state index in [1.807, 2.05) is 0 Å². The van der Waals surface area contributed by atoms with Gasteiger partial charge < -0.3 is 5.73 Å². The lowest BCUT2D eigenvalue weighted by atomic mass is 9.82. The number of hydrogen-bond acceptors (Lipinski definition) is 2. The smallest absolute Gasteiger partial charge is 0.0246 e. The van der Waals surface area contributed by atoms with Crippen LogP contribution < -0.4 is 5.73 Å². The van der Waals surface area contributed by atoms with Crippen LogP contribution in [0.5, 0.6) is 0 Å². The predicted molar refractivity (Wildman–Crippen MR) is 69.4 cm³/mol. The molecule has 0 aromatic heterocycles. The van der Waals surface area contributed by atoms with E-state index in [4.69, 9.17) is 5.73 Å². The number of piperidine rings is 1. The summed E-state index contributed by atoms with van der Waals surface area (Å²) in [4.78, 5) is 2.69. The zero-order valence-corrected chi connectivity index (χ0v) is 10.8. The van der Waals surface area contributed by atoms with E-state index in [1.165, 1.54) is 58.0 Å². The van der Waals surface area contributed by atoms with Gasteiger partial charge in [-0.1, -0.05) is 26.2 Å². The summed E-state index contributed by atoms with van der Waals surface area (Å²) < 4.78 is 0. The van der Waals surface area contributed by atoms with Crippen LogP contribution in [0, 0.1) is 11.8 Å². The van der Waals surface area contributed by atoms with E-state index in [1.54, 1.807) is 0 Å². The number of nitrogens with zero attached hydrogens (tertiary/aromatic N) is 1. The largest absolute Gasteiger partial charge is 0.329 e. The highest BCUT2D eigenvalue weighted by Gasteiger charge is 2.29. The maximum absolute atomic E-state index is 6.03. The molecular formula is C14H28N2. The molecule has 0 radical (unpaired) electrons. The molecule has 0 aromatic rings. The summed E-state index contributed by atoms with van der Waals surface area (Å²) in [6, 6.07) is 0.688. The summed E-state index contributed by atoms with van der Waals surface area (Å²) in [5.41, 5.74) is 6.03. The molecule has 1 unspecified atom stereocenters. The highest BCUT2D eigenvalue weighted by molar-refractivity contribution is 4.84. The van der Waals surface area contributed by atoms with Crippen molar-refractivity contribution in [3.8, 4) is 0 Å². The van der Waals surface area contributed by atoms with Crippen LogP contribution in [0.2, 0.25) is 0 Å². The Morgan fingerprint density at radius 1 is 1.06 bits per heavy atom. The molecule has 2 fully saturated rings. The Morgan fingerprint density at radius 2 is 1.69 bits per heavy atom. The summed E-state index contributed by atoms with van der Waals surface area (Å²) in [7, 11) is 0. The van der Waals surface area contributed by atoms with Crippen LogP contribution in [0.3, 0.4) is 0 Å². The van der Waals surface area contributed by atoms with Crippen LogP contribution in [-0.4, -0.2) is 30.6 Å². The normalized spacial score (nSPS) is 28.1. The molecule has 94 valence electrons. The summed E-state index contributed by atoms with van der Waals surface area (Å²) >= 11 is 0. The minimum absolute atomic E-state index is 0.688. The van der Waals surface area contributed by atoms with Crippen molar-refractivity contribution in [1.29, 1.82) is 0 Å². The lowest BCUT2D eigenvalue weighted by Gasteiger charge is -2.41. The van der Waals surface area contributed by atoms with Crippen LogP contribution in [-0.2, 0) is 0 Å². The Morgan fingerprint density at radius 3 is 2.25 bits per heavy atom. The molecular weight excluding hydrogens is 196 g/mol. The van der Waals surface area contributed by atoms with Crippen molar-refractivity contribution in [3.63, 3.8) is 0 Å². The number of nitrogens with two attached hydrogens (primary N) is 1. The Kier molecular flexibility index (Phi) is 4.66. The van der Waals surface area contributed by atoms with Crippen LogP contribution in [0.4, 0.5) is 0 Å². The van der Waals surface area contributed by atoms with E-state index < -0.39 is 0 Å². The zero-order valence-electron chi connectivity index (χ0n) is 10.8. The summed E-state index contributed by atoms with van der Waals surface area (Å²) in [6.45, 7) is 5.84. The fourth-order valence-corrected chi connectivity index (χ4v) is 3.52. The van der Waals surface area contributed by atoms with Gasteiger partial charge in [-0.3, -0.25) is 4.90 Å². The van der Waals surface area contributed by atoms with Gasteiger partial charge in [-0.15, -0.1) is 0 Å². The number of likely N-dealkylation sites (tertiary alicyclic amines) is 1. The summed E-state index contributed by atoms with van der Waals surface area (Å²) in [5, 5.41) is 0. The van der Waals surface area contributed by atoms with Gasteiger partial charge >= 0.3 is 0 Å². The van der Waals surface area contributed by atoms with Crippen molar-refractivity contribution in [2.24, 2.45) is 17.6 Å². The molecule has 2 rings (SSSR count). The maximum atomic E-state index is 6.03. The van der Waals surface area contributed by atoms with Gasteiger partial charge in [0.2, 0.25) is 0 Å². The van der Waals surface area contributed by atoms with Gasteiger partial charge in [-0.25, -0.2) is 0 Å². The molecule has 1 saturated carbocycles. The van der Waals surface area contributed by atoms with Gasteiger partial charge in [0.05, 0.1) is 0 Å². The third-order valence-corrected chi connectivity index (χ3v) is 4.72. The highest BCUT2D eigenvalue weighted by Crippen LogP contribution is 2.30. The van der Waals surface area contributed by atoms with Crippen molar-refractivity contribution >= 4 is 0 Å². The monoisotopic (exact) mass is 224 g/mol. The molecule has 1 saturated heterocycles. The minimum Gasteiger partial charge on any atom is -0.329 e. The fourth-order valence-electron chi connectivity index (χ4n) is 3.52. The Balaban J connectivity index is 1.88. The maximum Gasteiger partial charge on any atom is 0.0246 e. The van der Waals surface area contributed by atoms with Crippen molar-refractivity contribution in [2.75, 3.05) is 19.6 Å². The Bertz CT molecular complexity index is 191. The summed E-state index contributed by atoms with van der Waals surface area (Å²) in [6.07, 6.45) is 9.93. The highest BCUT2D eigenvalue weighted by atomic mass is 15.2. The molecule has 1 heterocycles. The SMILES string of the molecule is CC1CCN(C(CN)C2CCCCC2)CC1. The molecule has 2 N–H and O–H groups in total. The van der Waals surface area contributed by atoms with E-state index in [-0.39, 0.29) is 0 Å². The number of rotatable bonds is 3. The van der Waals surface area contributed by atoms with Crippen molar-refractivity contribution < 1.29 is 0 Å². The molecule has 16 heavy (non-hydrogen) atoms. The van der Waals surface area contributed by atoms with E-state index in [0.717, 1.165) is 18.4 Å². The third kappa shape index (κ3) is 2.98. The fraction of sp³-hybridized carbons (Fsp3) is 1.00. The standard InChI is InChI=1S/C14H28N2/c1-12-7-9-16(10-8-12)14(11-15)13-5-3-2-4-6-13/h12-14H,2-11,15H2,1H3. The van der Waals surface area contributed by atoms with Gasteiger partial charge in [0.25, 0.3) is 0 Å². The lowest BCUT2D eigenvalue weighted by Crippen LogP contribution is -2.49. The second-order valence-corrected chi connectivity index (χ2v) is 5.92.